The third kappa shape index (κ3) is 6.32. The van der Waals surface area contributed by atoms with Gasteiger partial charge < -0.3 is 10.2 Å². The molecule has 0 radical (unpaired) electrons. The molecule has 0 spiro atoms. The van der Waals surface area contributed by atoms with E-state index < -0.39 is 6.04 Å². The quantitative estimate of drug-likeness (QED) is 0.424. The van der Waals surface area contributed by atoms with Crippen LogP contribution in [-0.4, -0.2) is 28.8 Å². The first-order valence-electron chi connectivity index (χ1n) is 10.8. The minimum Gasteiger partial charge on any atom is -0.352 e. The number of amides is 2. The van der Waals surface area contributed by atoms with Crippen molar-refractivity contribution in [3.63, 3.8) is 0 Å². The number of nitrogens with zero attached hydrogens (tertiary/aromatic N) is 1. The second kappa shape index (κ2) is 11.6. The molecule has 2 aromatic carbocycles. The van der Waals surface area contributed by atoms with Crippen molar-refractivity contribution in [2.24, 2.45) is 0 Å². The zero-order valence-corrected chi connectivity index (χ0v) is 20.9. The summed E-state index contributed by atoms with van der Waals surface area (Å²) in [4.78, 5) is 28.2. The Kier molecular flexibility index (Phi) is 9.13. The highest BCUT2D eigenvalue weighted by Gasteiger charge is 2.31. The molecule has 1 atom stereocenters. The average Bonchev–Trinajstić information content (AvgIpc) is 3.25. The highest BCUT2D eigenvalue weighted by molar-refractivity contribution is 6.36. The molecule has 1 N–H and O–H groups in total. The third-order valence-electron chi connectivity index (χ3n) is 5.83. The lowest BCUT2D eigenvalue weighted by Crippen LogP contribution is -2.51. The lowest BCUT2D eigenvalue weighted by molar-refractivity contribution is -0.141. The Balaban J connectivity index is 1.89. The molecule has 1 aliphatic carbocycles. The Hall–Kier alpha value is -1.46. The first-order valence-corrected chi connectivity index (χ1v) is 12.3. The van der Waals surface area contributed by atoms with Crippen molar-refractivity contribution in [3.8, 4) is 0 Å². The predicted octanol–water partition coefficient (Wildman–Crippen LogP) is 6.71. The van der Waals surface area contributed by atoms with Gasteiger partial charge in [-0.05, 0) is 49.1 Å². The molecule has 0 aromatic heterocycles. The largest absolute Gasteiger partial charge is 0.352 e. The smallest absolute Gasteiger partial charge is 0.243 e. The van der Waals surface area contributed by atoms with Crippen LogP contribution in [0.15, 0.2) is 36.4 Å². The molecule has 0 bridgehead atoms. The Morgan fingerprint density at radius 2 is 1.69 bits per heavy atom. The van der Waals surface area contributed by atoms with Gasteiger partial charge >= 0.3 is 0 Å². The van der Waals surface area contributed by atoms with Crippen LogP contribution in [-0.2, 0) is 22.6 Å². The van der Waals surface area contributed by atoms with Crippen molar-refractivity contribution < 1.29 is 9.59 Å². The maximum atomic E-state index is 13.5. The summed E-state index contributed by atoms with van der Waals surface area (Å²) in [5, 5.41) is 4.92. The summed E-state index contributed by atoms with van der Waals surface area (Å²) < 4.78 is 0. The van der Waals surface area contributed by atoms with Gasteiger partial charge in [-0.25, -0.2) is 0 Å². The third-order valence-corrected chi connectivity index (χ3v) is 7.13. The van der Waals surface area contributed by atoms with E-state index in [-0.39, 0.29) is 30.8 Å². The molecule has 3 rings (SSSR count). The minimum atomic E-state index is -0.651. The summed E-state index contributed by atoms with van der Waals surface area (Å²) in [7, 11) is 0. The van der Waals surface area contributed by atoms with Gasteiger partial charge in [0.25, 0.3) is 0 Å². The maximum absolute atomic E-state index is 13.5. The monoisotopic (exact) mass is 514 g/mol. The SMILES string of the molecule is CC[C@@H](C(=O)NC1CCCC1)N(Cc1c(Cl)cccc1Cl)C(=O)Cc1ccc(Cl)cc1Cl. The fourth-order valence-corrected chi connectivity index (χ4v) is 5.06. The van der Waals surface area contributed by atoms with E-state index in [0.717, 1.165) is 25.7 Å². The van der Waals surface area contributed by atoms with Crippen LogP contribution in [0.2, 0.25) is 20.1 Å². The molecule has 32 heavy (non-hydrogen) atoms. The fourth-order valence-electron chi connectivity index (χ4n) is 4.07. The van der Waals surface area contributed by atoms with Gasteiger partial charge in [-0.3, -0.25) is 9.59 Å². The van der Waals surface area contributed by atoms with Crippen molar-refractivity contribution in [3.05, 3.63) is 67.6 Å². The van der Waals surface area contributed by atoms with Crippen molar-refractivity contribution in [2.45, 2.75) is 64.1 Å². The summed E-state index contributed by atoms with van der Waals surface area (Å²) in [5.74, 6) is -0.392. The summed E-state index contributed by atoms with van der Waals surface area (Å²) >= 11 is 25.1. The number of benzene rings is 2. The number of hydrogen-bond acceptors (Lipinski definition) is 2. The van der Waals surface area contributed by atoms with Gasteiger partial charge in [0.1, 0.15) is 6.04 Å². The van der Waals surface area contributed by atoms with Crippen LogP contribution in [0.1, 0.15) is 50.2 Å². The summed E-state index contributed by atoms with van der Waals surface area (Å²) in [6.45, 7) is 2.02. The van der Waals surface area contributed by atoms with E-state index in [0.29, 0.717) is 37.6 Å². The summed E-state index contributed by atoms with van der Waals surface area (Å²) in [6.07, 6.45) is 4.63. The second-order valence-electron chi connectivity index (χ2n) is 8.05. The highest BCUT2D eigenvalue weighted by atomic mass is 35.5. The van der Waals surface area contributed by atoms with E-state index in [1.165, 1.54) is 0 Å². The van der Waals surface area contributed by atoms with Crippen LogP contribution in [0.5, 0.6) is 0 Å². The van der Waals surface area contributed by atoms with Gasteiger partial charge in [0.05, 0.1) is 6.42 Å². The zero-order chi connectivity index (χ0) is 23.3. The molecule has 8 heteroatoms. The molecule has 0 aliphatic heterocycles. The number of rotatable bonds is 8. The number of halogens is 4. The Morgan fingerprint density at radius 3 is 2.28 bits per heavy atom. The van der Waals surface area contributed by atoms with Crippen LogP contribution < -0.4 is 5.32 Å². The normalized spacial score (nSPS) is 14.9. The van der Waals surface area contributed by atoms with Crippen molar-refractivity contribution in [1.29, 1.82) is 0 Å². The first kappa shape index (κ1) is 25.2. The molecular formula is C24H26Cl4N2O2. The highest BCUT2D eigenvalue weighted by Crippen LogP contribution is 2.28. The molecule has 0 heterocycles. The molecule has 1 fully saturated rings. The van der Waals surface area contributed by atoms with Gasteiger partial charge in [0, 0.05) is 38.2 Å². The van der Waals surface area contributed by atoms with Crippen molar-refractivity contribution in [1.82, 2.24) is 10.2 Å². The lowest BCUT2D eigenvalue weighted by atomic mass is 10.1. The summed E-state index contributed by atoms with van der Waals surface area (Å²) in [5.41, 5.74) is 1.25. The predicted molar refractivity (Wildman–Crippen MR) is 132 cm³/mol. The number of nitrogens with one attached hydrogen (secondary N) is 1. The van der Waals surface area contributed by atoms with Gasteiger partial charge in [0.15, 0.2) is 0 Å². The molecule has 0 saturated heterocycles. The number of carbonyl (C=O) groups is 2. The molecule has 2 amide bonds. The number of carbonyl (C=O) groups excluding carboxylic acids is 2. The number of hydrogen-bond donors (Lipinski definition) is 1. The second-order valence-corrected chi connectivity index (χ2v) is 9.71. The van der Waals surface area contributed by atoms with Gasteiger partial charge in [-0.2, -0.15) is 0 Å². The van der Waals surface area contributed by atoms with Crippen LogP contribution in [0.3, 0.4) is 0 Å². The van der Waals surface area contributed by atoms with E-state index >= 15 is 0 Å². The summed E-state index contributed by atoms with van der Waals surface area (Å²) in [6, 6.07) is 9.72. The van der Waals surface area contributed by atoms with E-state index in [9.17, 15) is 9.59 Å². The van der Waals surface area contributed by atoms with Crippen molar-refractivity contribution >= 4 is 58.2 Å². The first-order chi connectivity index (χ1) is 15.3. The standard InChI is InChI=1S/C24H26Cl4N2O2/c1-2-22(24(32)29-17-6-3-4-7-17)30(14-18-19(26)8-5-9-20(18)27)23(31)12-15-10-11-16(25)13-21(15)28/h5,8-11,13,17,22H,2-4,6-7,12,14H2,1H3,(H,29,32)/t22-/m0/s1. The van der Waals surface area contributed by atoms with Crippen LogP contribution >= 0.6 is 46.4 Å². The topological polar surface area (TPSA) is 49.4 Å². The fraction of sp³-hybridized carbons (Fsp3) is 0.417. The Morgan fingerprint density at radius 1 is 1.03 bits per heavy atom. The maximum Gasteiger partial charge on any atom is 0.243 e. The minimum absolute atomic E-state index is 0.0330. The van der Waals surface area contributed by atoms with Crippen LogP contribution in [0.4, 0.5) is 0 Å². The van der Waals surface area contributed by atoms with Crippen LogP contribution in [0.25, 0.3) is 0 Å². The molecule has 4 nitrogen and oxygen atoms in total. The zero-order valence-electron chi connectivity index (χ0n) is 17.8. The van der Waals surface area contributed by atoms with Crippen LogP contribution in [0, 0.1) is 0 Å². The molecule has 1 saturated carbocycles. The van der Waals surface area contributed by atoms with Gasteiger partial charge in [0.2, 0.25) is 11.8 Å². The van der Waals surface area contributed by atoms with Gasteiger partial charge in [-0.1, -0.05) is 78.3 Å². The Labute approximate surface area is 209 Å². The lowest BCUT2D eigenvalue weighted by Gasteiger charge is -2.32. The van der Waals surface area contributed by atoms with E-state index in [1.807, 2.05) is 6.92 Å². The van der Waals surface area contributed by atoms with E-state index in [1.54, 1.807) is 41.3 Å². The molecule has 1 aliphatic rings. The van der Waals surface area contributed by atoms with E-state index in [4.69, 9.17) is 46.4 Å². The average molecular weight is 516 g/mol. The molecule has 172 valence electrons. The Bertz CT molecular complexity index is 956. The molecule has 0 unspecified atom stereocenters. The van der Waals surface area contributed by atoms with Crippen molar-refractivity contribution in [2.75, 3.05) is 0 Å². The molecule has 2 aromatic rings. The van der Waals surface area contributed by atoms with Gasteiger partial charge in [-0.15, -0.1) is 0 Å². The van der Waals surface area contributed by atoms with E-state index in [2.05, 4.69) is 5.32 Å². The molecular weight excluding hydrogens is 490 g/mol.